The highest BCUT2D eigenvalue weighted by molar-refractivity contribution is 5.60. The van der Waals surface area contributed by atoms with E-state index in [-0.39, 0.29) is 11.7 Å². The van der Waals surface area contributed by atoms with Crippen LogP contribution in [0.3, 0.4) is 0 Å². The number of hydrogen-bond donors (Lipinski definition) is 3. The molecule has 1 saturated carbocycles. The summed E-state index contributed by atoms with van der Waals surface area (Å²) in [6, 6.07) is 2.60. The molecule has 4 N–H and O–H groups in total. The van der Waals surface area contributed by atoms with Gasteiger partial charge in [0.15, 0.2) is 11.6 Å². The van der Waals surface area contributed by atoms with E-state index in [2.05, 4.69) is 20.7 Å². The average molecular weight is 295 g/mol. The largest absolute Gasteiger partial charge is 0.335 e. The Labute approximate surface area is 118 Å². The number of nitrogens with one attached hydrogen (secondary N) is 2. The monoisotopic (exact) mass is 295 g/mol. The van der Waals surface area contributed by atoms with E-state index in [0.717, 1.165) is 12.8 Å². The van der Waals surface area contributed by atoms with Gasteiger partial charge in [-0.15, -0.1) is 0 Å². The Morgan fingerprint density at radius 1 is 1.00 bits per heavy atom. The van der Waals surface area contributed by atoms with Crippen molar-refractivity contribution >= 4 is 17.3 Å². The fourth-order valence-electron chi connectivity index (χ4n) is 1.92. The summed E-state index contributed by atoms with van der Waals surface area (Å²) in [5.41, 5.74) is 1.90. The van der Waals surface area contributed by atoms with Gasteiger partial charge in [-0.25, -0.2) is 29.0 Å². The van der Waals surface area contributed by atoms with Crippen molar-refractivity contribution in [3.63, 3.8) is 0 Å². The minimum atomic E-state index is -1.04. The summed E-state index contributed by atoms with van der Waals surface area (Å²) >= 11 is 0. The number of halogens is 3. The van der Waals surface area contributed by atoms with Crippen LogP contribution in [0.2, 0.25) is 0 Å². The fraction of sp³-hybridized carbons (Fsp3) is 0.231. The van der Waals surface area contributed by atoms with E-state index in [4.69, 9.17) is 5.84 Å². The zero-order valence-corrected chi connectivity index (χ0v) is 10.8. The molecule has 1 aliphatic rings. The molecule has 1 fully saturated rings. The van der Waals surface area contributed by atoms with Crippen molar-refractivity contribution in [2.75, 3.05) is 10.7 Å². The van der Waals surface area contributed by atoms with Crippen molar-refractivity contribution in [2.45, 2.75) is 18.8 Å². The van der Waals surface area contributed by atoms with Gasteiger partial charge in [0, 0.05) is 24.1 Å². The van der Waals surface area contributed by atoms with Gasteiger partial charge in [-0.3, -0.25) is 0 Å². The average Bonchev–Trinajstić information content (AvgIpc) is 3.27. The Morgan fingerprint density at radius 2 is 1.62 bits per heavy atom. The first kappa shape index (κ1) is 13.6. The van der Waals surface area contributed by atoms with Gasteiger partial charge in [0.25, 0.3) is 0 Å². The second-order valence-corrected chi connectivity index (χ2v) is 4.78. The van der Waals surface area contributed by atoms with Gasteiger partial charge in [-0.2, -0.15) is 0 Å². The molecule has 0 atom stereocenters. The van der Waals surface area contributed by atoms with E-state index in [1.807, 2.05) is 0 Å². The van der Waals surface area contributed by atoms with E-state index in [1.54, 1.807) is 0 Å². The first-order valence-corrected chi connectivity index (χ1v) is 6.34. The molecule has 21 heavy (non-hydrogen) atoms. The van der Waals surface area contributed by atoms with Crippen molar-refractivity contribution in [1.82, 2.24) is 9.97 Å². The summed E-state index contributed by atoms with van der Waals surface area (Å²) in [6.07, 6.45) is 1.93. The number of nitrogens with zero attached hydrogens (tertiary/aromatic N) is 2. The lowest BCUT2D eigenvalue weighted by molar-refractivity contribution is 0.548. The van der Waals surface area contributed by atoms with Gasteiger partial charge >= 0.3 is 0 Å². The smallest absolute Gasteiger partial charge is 0.152 e. The van der Waals surface area contributed by atoms with Crippen molar-refractivity contribution in [3.05, 3.63) is 41.5 Å². The second kappa shape index (κ2) is 5.21. The topological polar surface area (TPSA) is 75.9 Å². The third-order valence-electron chi connectivity index (χ3n) is 3.09. The van der Waals surface area contributed by atoms with Crippen molar-refractivity contribution in [2.24, 2.45) is 5.84 Å². The number of aromatic nitrogens is 2. The summed E-state index contributed by atoms with van der Waals surface area (Å²) in [6.45, 7) is 0. The van der Waals surface area contributed by atoms with Gasteiger partial charge in [0.2, 0.25) is 0 Å². The zero-order chi connectivity index (χ0) is 15.0. The Bertz CT molecular complexity index is 664. The van der Waals surface area contributed by atoms with Crippen LogP contribution in [0, 0.1) is 17.5 Å². The highest BCUT2D eigenvalue weighted by Crippen LogP contribution is 2.39. The molecule has 1 aromatic carbocycles. The summed E-state index contributed by atoms with van der Waals surface area (Å²) in [5.74, 6) is 3.55. The van der Waals surface area contributed by atoms with E-state index in [1.165, 1.54) is 6.07 Å². The predicted octanol–water partition coefficient (Wildman–Crippen LogP) is 2.80. The molecular formula is C13H12F3N5. The number of benzene rings is 1. The SMILES string of the molecule is NNc1cc(Nc2c(F)cc(F)cc2F)nc(C2CC2)n1. The summed E-state index contributed by atoms with van der Waals surface area (Å²) in [4.78, 5) is 8.38. The Kier molecular flexibility index (Phi) is 3.38. The van der Waals surface area contributed by atoms with Crippen molar-refractivity contribution < 1.29 is 13.2 Å². The molecule has 110 valence electrons. The van der Waals surface area contributed by atoms with Gasteiger partial charge in [-0.1, -0.05) is 0 Å². The maximum Gasteiger partial charge on any atom is 0.152 e. The molecule has 0 bridgehead atoms. The number of rotatable bonds is 4. The molecule has 0 unspecified atom stereocenters. The number of nitrogens with two attached hydrogens (primary N) is 1. The van der Waals surface area contributed by atoms with E-state index < -0.39 is 23.1 Å². The first-order valence-electron chi connectivity index (χ1n) is 6.34. The molecular weight excluding hydrogens is 283 g/mol. The molecule has 8 heteroatoms. The van der Waals surface area contributed by atoms with Gasteiger partial charge in [0.05, 0.1) is 0 Å². The van der Waals surface area contributed by atoms with Gasteiger partial charge < -0.3 is 10.7 Å². The third kappa shape index (κ3) is 2.89. The molecule has 0 aliphatic heterocycles. The van der Waals surface area contributed by atoms with Gasteiger partial charge in [-0.05, 0) is 12.8 Å². The summed E-state index contributed by atoms with van der Waals surface area (Å²) < 4.78 is 40.1. The lowest BCUT2D eigenvalue weighted by Gasteiger charge is -2.11. The standard InChI is InChI=1S/C13H12F3N5/c14-7-3-8(15)12(9(16)4-7)18-10-5-11(21-17)20-13(19-10)6-1-2-6/h3-6H,1-2,17H2,(H2,18,19,20,21). The number of anilines is 3. The Hall–Kier alpha value is -2.35. The highest BCUT2D eigenvalue weighted by Gasteiger charge is 2.27. The van der Waals surface area contributed by atoms with Crippen LogP contribution in [0.4, 0.5) is 30.5 Å². The number of nitrogen functional groups attached to an aromatic ring is 1. The lowest BCUT2D eigenvalue weighted by atomic mass is 10.2. The van der Waals surface area contributed by atoms with Gasteiger partial charge in [0.1, 0.15) is 29.0 Å². The Morgan fingerprint density at radius 3 is 2.19 bits per heavy atom. The molecule has 0 radical (unpaired) electrons. The number of hydrazine groups is 1. The molecule has 3 rings (SSSR count). The summed E-state index contributed by atoms with van der Waals surface area (Å²) in [5, 5.41) is 2.50. The fourth-order valence-corrected chi connectivity index (χ4v) is 1.92. The molecule has 2 aromatic rings. The van der Waals surface area contributed by atoms with Crippen LogP contribution < -0.4 is 16.6 Å². The minimum Gasteiger partial charge on any atom is -0.335 e. The van der Waals surface area contributed by atoms with E-state index in [9.17, 15) is 13.2 Å². The predicted molar refractivity (Wildman–Crippen MR) is 71.4 cm³/mol. The molecule has 1 aromatic heterocycles. The second-order valence-electron chi connectivity index (χ2n) is 4.78. The quantitative estimate of drug-likeness (QED) is 0.597. The maximum atomic E-state index is 13.6. The van der Waals surface area contributed by atoms with Crippen LogP contribution in [0.25, 0.3) is 0 Å². The molecule has 1 aliphatic carbocycles. The molecule has 1 heterocycles. The maximum absolute atomic E-state index is 13.6. The third-order valence-corrected chi connectivity index (χ3v) is 3.09. The van der Waals surface area contributed by atoms with Crippen LogP contribution in [0.1, 0.15) is 24.6 Å². The normalized spacial score (nSPS) is 14.1. The number of hydrogen-bond acceptors (Lipinski definition) is 5. The zero-order valence-electron chi connectivity index (χ0n) is 10.8. The molecule has 0 saturated heterocycles. The van der Waals surface area contributed by atoms with Crippen LogP contribution in [0.15, 0.2) is 18.2 Å². The van der Waals surface area contributed by atoms with Crippen molar-refractivity contribution in [1.29, 1.82) is 0 Å². The van der Waals surface area contributed by atoms with Crippen LogP contribution in [-0.2, 0) is 0 Å². The molecule has 5 nitrogen and oxygen atoms in total. The van der Waals surface area contributed by atoms with Crippen LogP contribution in [0.5, 0.6) is 0 Å². The Balaban J connectivity index is 1.96. The van der Waals surface area contributed by atoms with E-state index in [0.29, 0.717) is 23.8 Å². The summed E-state index contributed by atoms with van der Waals surface area (Å²) in [7, 11) is 0. The van der Waals surface area contributed by atoms with Crippen molar-refractivity contribution in [3.8, 4) is 0 Å². The lowest BCUT2D eigenvalue weighted by Crippen LogP contribution is -2.11. The molecule has 0 amide bonds. The first-order chi connectivity index (χ1) is 10.1. The van der Waals surface area contributed by atoms with E-state index >= 15 is 0 Å². The van der Waals surface area contributed by atoms with Crippen LogP contribution >= 0.6 is 0 Å². The highest BCUT2D eigenvalue weighted by atomic mass is 19.1. The minimum absolute atomic E-state index is 0.184. The van der Waals surface area contributed by atoms with Crippen LogP contribution in [-0.4, -0.2) is 9.97 Å². The molecule has 0 spiro atoms.